The number of hydrogen-bond acceptors (Lipinski definition) is 4. The van der Waals surface area contributed by atoms with Crippen molar-refractivity contribution in [2.75, 3.05) is 0 Å². The van der Waals surface area contributed by atoms with Crippen LogP contribution in [-0.2, 0) is 0 Å². The molecule has 1 aromatic rings. The first kappa shape index (κ1) is 3.43. The summed E-state index contributed by atoms with van der Waals surface area (Å²) in [6, 6.07) is 0. The van der Waals surface area contributed by atoms with Crippen LogP contribution in [0.15, 0.2) is 12.4 Å². The van der Waals surface area contributed by atoms with Crippen LogP contribution in [0.4, 0.5) is 0 Å². The van der Waals surface area contributed by atoms with E-state index in [0.29, 0.717) is 0 Å². The molecule has 0 fully saturated rings. The fraction of sp³-hybridized carbons (Fsp3) is 0.429. The molecular formula is C7H11BN2O2. The lowest BCUT2D eigenvalue weighted by Crippen LogP contribution is -2.30. The third-order valence-corrected chi connectivity index (χ3v) is 1.19. The maximum Gasteiger partial charge on any atom is 0.491 e. The van der Waals surface area contributed by atoms with E-state index in [2.05, 4.69) is 9.97 Å². The SMILES string of the molecule is [2H]C([2H])([2H])C([2H])(c1ncc(B(O)O)cn1)C([2H])([2H])[2H]. The Bertz CT molecular complexity index is 430. The van der Waals surface area contributed by atoms with Crippen molar-refractivity contribution in [3.63, 3.8) is 0 Å². The minimum Gasteiger partial charge on any atom is -0.423 e. The highest BCUT2D eigenvalue weighted by molar-refractivity contribution is 6.58. The minimum atomic E-state index is -3.17. The first-order chi connectivity index (χ1) is 8.41. The number of hydrogen-bond donors (Lipinski definition) is 2. The van der Waals surface area contributed by atoms with E-state index in [4.69, 9.17) is 19.6 Å². The van der Waals surface area contributed by atoms with E-state index in [1.807, 2.05) is 0 Å². The molecular weight excluding hydrogens is 155 g/mol. The Morgan fingerprint density at radius 1 is 1.50 bits per heavy atom. The minimum absolute atomic E-state index is 0.137. The van der Waals surface area contributed by atoms with Gasteiger partial charge < -0.3 is 10.0 Å². The molecule has 0 aliphatic heterocycles. The van der Waals surface area contributed by atoms with Gasteiger partial charge in [-0.3, -0.25) is 0 Å². The predicted octanol–water partition coefficient (Wildman–Crippen LogP) is -0.720. The Labute approximate surface area is 81.3 Å². The molecule has 0 amide bonds. The van der Waals surface area contributed by atoms with Crippen LogP contribution < -0.4 is 5.46 Å². The van der Waals surface area contributed by atoms with Gasteiger partial charge in [-0.05, 0) is 0 Å². The van der Waals surface area contributed by atoms with Gasteiger partial charge >= 0.3 is 7.12 Å². The van der Waals surface area contributed by atoms with Gasteiger partial charge in [0, 0.05) is 33.3 Å². The largest absolute Gasteiger partial charge is 0.491 e. The van der Waals surface area contributed by atoms with Crippen LogP contribution in [-0.4, -0.2) is 27.1 Å². The van der Waals surface area contributed by atoms with Crippen molar-refractivity contribution < 1.29 is 19.6 Å². The maximum absolute atomic E-state index is 8.84. The molecule has 0 spiro atoms. The van der Waals surface area contributed by atoms with E-state index in [1.165, 1.54) is 0 Å². The van der Waals surface area contributed by atoms with E-state index in [1.54, 1.807) is 0 Å². The predicted molar refractivity (Wildman–Crippen MR) is 45.9 cm³/mol. The van der Waals surface area contributed by atoms with E-state index < -0.39 is 32.5 Å². The highest BCUT2D eigenvalue weighted by Gasteiger charge is 2.12. The fourth-order valence-electron chi connectivity index (χ4n) is 0.600. The molecule has 0 aliphatic rings. The van der Waals surface area contributed by atoms with E-state index in [0.717, 1.165) is 12.4 Å². The maximum atomic E-state index is 8.84. The Hall–Kier alpha value is -0.935. The van der Waals surface area contributed by atoms with Crippen molar-refractivity contribution in [2.45, 2.75) is 19.6 Å². The lowest BCUT2D eigenvalue weighted by atomic mass is 9.83. The Morgan fingerprint density at radius 3 is 2.50 bits per heavy atom. The standard InChI is InChI=1S/C7H11BN2O2/c1-5(2)7-9-3-6(4-10-7)8(11)12/h3-5,11-12H,1-2H3/i1D3,2D3,5D. The number of rotatable bonds is 2. The van der Waals surface area contributed by atoms with Gasteiger partial charge in [0.15, 0.2) is 0 Å². The van der Waals surface area contributed by atoms with Crippen molar-refractivity contribution in [1.82, 2.24) is 9.97 Å². The van der Waals surface area contributed by atoms with Gasteiger partial charge in [0.25, 0.3) is 0 Å². The molecule has 1 rings (SSSR count). The lowest BCUT2D eigenvalue weighted by Gasteiger charge is -2.03. The van der Waals surface area contributed by atoms with E-state index >= 15 is 0 Å². The Morgan fingerprint density at radius 2 is 2.08 bits per heavy atom. The topological polar surface area (TPSA) is 66.2 Å². The van der Waals surface area contributed by atoms with Crippen LogP contribution >= 0.6 is 0 Å². The van der Waals surface area contributed by atoms with Gasteiger partial charge in [-0.1, -0.05) is 13.7 Å². The second-order valence-electron chi connectivity index (χ2n) is 2.09. The zero-order valence-corrected chi connectivity index (χ0v) is 6.02. The summed E-state index contributed by atoms with van der Waals surface area (Å²) in [5.41, 5.74) is -0.137. The molecule has 12 heavy (non-hydrogen) atoms. The third kappa shape index (κ3) is 2.02. The zero-order chi connectivity index (χ0) is 15.1. The van der Waals surface area contributed by atoms with Gasteiger partial charge in [0.2, 0.25) is 0 Å². The summed E-state index contributed by atoms with van der Waals surface area (Å²) in [7, 11) is -1.87. The van der Waals surface area contributed by atoms with Gasteiger partial charge in [-0.25, -0.2) is 9.97 Å². The second-order valence-corrected chi connectivity index (χ2v) is 2.09. The lowest BCUT2D eigenvalue weighted by molar-refractivity contribution is 0.425. The second kappa shape index (κ2) is 3.64. The van der Waals surface area contributed by atoms with Crippen molar-refractivity contribution in [3.05, 3.63) is 18.2 Å². The van der Waals surface area contributed by atoms with Crippen LogP contribution in [0.3, 0.4) is 0 Å². The fourth-order valence-corrected chi connectivity index (χ4v) is 0.600. The molecule has 0 aliphatic carbocycles. The van der Waals surface area contributed by atoms with Crippen LogP contribution in [0.5, 0.6) is 0 Å². The summed E-state index contributed by atoms with van der Waals surface area (Å²) in [6.07, 6.45) is 1.74. The Balaban J connectivity index is 3.36. The van der Waals surface area contributed by atoms with Gasteiger partial charge in [0.1, 0.15) is 5.82 Å². The highest BCUT2D eigenvalue weighted by Crippen LogP contribution is 2.04. The first-order valence-electron chi connectivity index (χ1n) is 6.60. The van der Waals surface area contributed by atoms with Gasteiger partial charge in [-0.2, -0.15) is 0 Å². The van der Waals surface area contributed by atoms with Crippen molar-refractivity contribution in [1.29, 1.82) is 0 Å². The van der Waals surface area contributed by atoms with Crippen molar-refractivity contribution in [2.24, 2.45) is 0 Å². The molecule has 4 nitrogen and oxygen atoms in total. The van der Waals surface area contributed by atoms with Crippen molar-refractivity contribution >= 4 is 12.6 Å². The summed E-state index contributed by atoms with van der Waals surface area (Å²) in [6.45, 7) is -6.34. The third-order valence-electron chi connectivity index (χ3n) is 1.19. The molecule has 0 saturated heterocycles. The first-order valence-corrected chi connectivity index (χ1v) is 3.10. The monoisotopic (exact) mass is 173 g/mol. The molecule has 64 valence electrons. The quantitative estimate of drug-likeness (QED) is 0.579. The summed E-state index contributed by atoms with van der Waals surface area (Å²) < 4.78 is 51.1. The van der Waals surface area contributed by atoms with Gasteiger partial charge in [-0.15, -0.1) is 0 Å². The van der Waals surface area contributed by atoms with Crippen LogP contribution in [0.25, 0.3) is 0 Å². The molecule has 0 aromatic carbocycles. The van der Waals surface area contributed by atoms with Crippen LogP contribution in [0, 0.1) is 0 Å². The van der Waals surface area contributed by atoms with Gasteiger partial charge in [0.05, 0.1) is 0 Å². The molecule has 0 atom stereocenters. The smallest absolute Gasteiger partial charge is 0.423 e. The summed E-state index contributed by atoms with van der Waals surface area (Å²) in [5.74, 6) is -3.71. The molecule has 1 aromatic heterocycles. The molecule has 0 saturated carbocycles. The zero-order valence-electron chi connectivity index (χ0n) is 13.0. The van der Waals surface area contributed by atoms with Crippen molar-refractivity contribution in [3.8, 4) is 0 Å². The van der Waals surface area contributed by atoms with E-state index in [-0.39, 0.29) is 5.46 Å². The molecule has 0 radical (unpaired) electrons. The summed E-state index contributed by atoms with van der Waals surface area (Å²) >= 11 is 0. The number of aromatic nitrogens is 2. The van der Waals surface area contributed by atoms with Crippen LogP contribution in [0.2, 0.25) is 0 Å². The normalized spacial score (nSPS) is 22.0. The Kier molecular flexibility index (Phi) is 1.04. The summed E-state index contributed by atoms with van der Waals surface area (Å²) in [5, 5.41) is 17.7. The highest BCUT2D eigenvalue weighted by atomic mass is 16.4. The molecule has 5 heteroatoms. The molecule has 0 unspecified atom stereocenters. The molecule has 2 N–H and O–H groups in total. The van der Waals surface area contributed by atoms with E-state index in [9.17, 15) is 0 Å². The molecule has 1 heterocycles. The number of nitrogens with zero attached hydrogens (tertiary/aromatic N) is 2. The molecule has 0 bridgehead atoms. The average Bonchev–Trinajstić information content (AvgIpc) is 2.25. The average molecular weight is 173 g/mol. The summed E-state index contributed by atoms with van der Waals surface area (Å²) in [4.78, 5) is 6.93. The van der Waals surface area contributed by atoms with Crippen LogP contribution in [0.1, 0.15) is 35.0 Å².